The molecule has 3 N–H and O–H groups in total. The van der Waals surface area contributed by atoms with Crippen LogP contribution in [0.15, 0.2) is 51.9 Å². The Bertz CT molecular complexity index is 744. The van der Waals surface area contributed by atoms with Crippen molar-refractivity contribution in [2.45, 2.75) is 6.54 Å². The Morgan fingerprint density at radius 3 is 2.78 bits per heavy atom. The van der Waals surface area contributed by atoms with E-state index in [1.54, 1.807) is 0 Å². The normalized spacial score (nSPS) is 15.7. The molecule has 2 heterocycles. The fraction of sp³-hybridized carbons (Fsp3) is 0.235. The molecule has 2 aromatic carbocycles. The highest BCUT2D eigenvalue weighted by atomic mass is 79.9. The highest BCUT2D eigenvalue weighted by Gasteiger charge is 2.23. The number of rotatable bonds is 3. The van der Waals surface area contributed by atoms with Crippen LogP contribution in [0.25, 0.3) is 0 Å². The van der Waals surface area contributed by atoms with Gasteiger partial charge in [-0.3, -0.25) is 4.99 Å². The molecule has 0 bridgehead atoms. The first-order valence-corrected chi connectivity index (χ1v) is 8.51. The van der Waals surface area contributed by atoms with Crippen molar-refractivity contribution >= 4 is 39.0 Å². The lowest BCUT2D eigenvalue weighted by atomic mass is 10.2. The monoisotopic (exact) mass is 371 g/mol. The summed E-state index contributed by atoms with van der Waals surface area (Å²) < 4.78 is 1.06. The fourth-order valence-corrected chi connectivity index (χ4v) is 3.62. The molecule has 2 aromatic rings. The van der Waals surface area contributed by atoms with Gasteiger partial charge >= 0.3 is 0 Å². The summed E-state index contributed by atoms with van der Waals surface area (Å²) in [5, 5.41) is 10.1. The first-order valence-electron chi connectivity index (χ1n) is 7.72. The average molecular weight is 372 g/mol. The van der Waals surface area contributed by atoms with Crippen LogP contribution < -0.4 is 20.9 Å². The largest absolute Gasteiger partial charge is 0.366 e. The third kappa shape index (κ3) is 2.86. The Kier molecular flexibility index (Phi) is 3.83. The number of hydrogen-bond donors (Lipinski definition) is 3. The lowest BCUT2D eigenvalue weighted by Crippen LogP contribution is -2.26. The number of anilines is 3. The lowest BCUT2D eigenvalue weighted by Gasteiger charge is -2.21. The molecule has 0 saturated carbocycles. The van der Waals surface area contributed by atoms with E-state index in [0.29, 0.717) is 0 Å². The summed E-state index contributed by atoms with van der Waals surface area (Å²) in [6, 6.07) is 14.7. The molecule has 0 radical (unpaired) electrons. The van der Waals surface area contributed by atoms with Gasteiger partial charge in [-0.25, -0.2) is 0 Å². The van der Waals surface area contributed by atoms with Crippen molar-refractivity contribution in [3.8, 4) is 0 Å². The summed E-state index contributed by atoms with van der Waals surface area (Å²) in [6.07, 6.45) is 0. The third-order valence-electron chi connectivity index (χ3n) is 4.04. The molecule has 0 amide bonds. The molecule has 6 heteroatoms. The first kappa shape index (κ1) is 14.4. The highest BCUT2D eigenvalue weighted by molar-refractivity contribution is 9.10. The Hall–Kier alpha value is -2.21. The van der Waals surface area contributed by atoms with Gasteiger partial charge in [0.15, 0.2) is 5.96 Å². The fourth-order valence-electron chi connectivity index (χ4n) is 2.92. The Morgan fingerprint density at radius 1 is 1.13 bits per heavy atom. The number of aliphatic imine (C=N–C) groups is 1. The van der Waals surface area contributed by atoms with Gasteiger partial charge in [-0.1, -0.05) is 30.3 Å². The molecular weight excluding hydrogens is 354 g/mol. The van der Waals surface area contributed by atoms with Crippen LogP contribution in [0.5, 0.6) is 0 Å². The van der Waals surface area contributed by atoms with Gasteiger partial charge in [0, 0.05) is 13.1 Å². The maximum absolute atomic E-state index is 4.40. The van der Waals surface area contributed by atoms with Crippen molar-refractivity contribution in [1.29, 1.82) is 0 Å². The van der Waals surface area contributed by atoms with Crippen LogP contribution in [0.2, 0.25) is 0 Å². The Balaban J connectivity index is 1.61. The Labute approximate surface area is 143 Å². The molecule has 0 unspecified atom stereocenters. The predicted octanol–water partition coefficient (Wildman–Crippen LogP) is 3.21. The van der Waals surface area contributed by atoms with E-state index in [2.05, 4.69) is 78.2 Å². The van der Waals surface area contributed by atoms with E-state index in [4.69, 9.17) is 0 Å². The summed E-state index contributed by atoms with van der Waals surface area (Å²) in [4.78, 5) is 6.73. The molecule has 0 spiro atoms. The van der Waals surface area contributed by atoms with Crippen LogP contribution in [0.3, 0.4) is 0 Å². The van der Waals surface area contributed by atoms with Gasteiger partial charge in [0.25, 0.3) is 0 Å². The van der Waals surface area contributed by atoms with Crippen molar-refractivity contribution in [1.82, 2.24) is 5.32 Å². The van der Waals surface area contributed by atoms with Crippen molar-refractivity contribution < 1.29 is 0 Å². The molecule has 4 rings (SSSR count). The molecule has 0 saturated heterocycles. The van der Waals surface area contributed by atoms with E-state index in [1.165, 1.54) is 11.3 Å². The lowest BCUT2D eigenvalue weighted by molar-refractivity contribution is 0.870. The van der Waals surface area contributed by atoms with Crippen LogP contribution in [-0.4, -0.2) is 25.7 Å². The number of fused-ring (bicyclic) bond motifs is 1. The van der Waals surface area contributed by atoms with Crippen molar-refractivity contribution in [2.75, 3.05) is 35.3 Å². The van der Waals surface area contributed by atoms with E-state index < -0.39 is 0 Å². The van der Waals surface area contributed by atoms with Gasteiger partial charge in [0.2, 0.25) is 0 Å². The maximum atomic E-state index is 4.40. The molecule has 0 atom stereocenters. The van der Waals surface area contributed by atoms with Crippen molar-refractivity contribution in [3.63, 3.8) is 0 Å². The molecule has 0 aliphatic carbocycles. The number of hydrogen-bond acceptors (Lipinski definition) is 5. The minimum Gasteiger partial charge on any atom is -0.366 e. The topological polar surface area (TPSA) is 51.7 Å². The summed E-state index contributed by atoms with van der Waals surface area (Å²) in [5.41, 5.74) is 4.67. The molecular formula is C17H18BrN5. The second kappa shape index (κ2) is 6.12. The molecule has 23 heavy (non-hydrogen) atoms. The molecule has 0 fully saturated rings. The van der Waals surface area contributed by atoms with E-state index >= 15 is 0 Å². The number of nitrogens with one attached hydrogen (secondary N) is 3. The minimum atomic E-state index is 0.811. The van der Waals surface area contributed by atoms with Gasteiger partial charge in [-0.15, -0.1) is 0 Å². The predicted molar refractivity (Wildman–Crippen MR) is 99.2 cm³/mol. The molecule has 2 aliphatic heterocycles. The van der Waals surface area contributed by atoms with Crippen LogP contribution in [0.1, 0.15) is 5.56 Å². The van der Waals surface area contributed by atoms with Gasteiger partial charge in [0.05, 0.1) is 34.7 Å². The molecule has 0 aromatic heterocycles. The van der Waals surface area contributed by atoms with E-state index in [0.717, 1.165) is 48.1 Å². The quantitative estimate of drug-likeness (QED) is 0.775. The van der Waals surface area contributed by atoms with Gasteiger partial charge in [-0.05, 0) is 33.6 Å². The second-order valence-corrected chi connectivity index (χ2v) is 6.42. The van der Waals surface area contributed by atoms with E-state index in [1.807, 2.05) is 6.07 Å². The zero-order valence-electron chi connectivity index (χ0n) is 12.6. The molecule has 118 valence electrons. The highest BCUT2D eigenvalue weighted by Crippen LogP contribution is 2.43. The van der Waals surface area contributed by atoms with E-state index in [9.17, 15) is 0 Å². The number of nitrogens with zero attached hydrogens (tertiary/aromatic N) is 2. The maximum Gasteiger partial charge on any atom is 0.195 e. The number of guanidine groups is 1. The van der Waals surface area contributed by atoms with Crippen molar-refractivity contribution in [3.05, 3.63) is 52.5 Å². The van der Waals surface area contributed by atoms with Gasteiger partial charge in [0.1, 0.15) is 0 Å². The van der Waals surface area contributed by atoms with Crippen LogP contribution in [0, 0.1) is 0 Å². The zero-order valence-corrected chi connectivity index (χ0v) is 14.2. The average Bonchev–Trinajstić information content (AvgIpc) is 3.21. The molecule has 2 aliphatic rings. The third-order valence-corrected chi connectivity index (χ3v) is 4.84. The standard InChI is InChI=1S/C17H18BrN5/c18-15-13(22-17-19-8-9-20-17)6-7-14-16(15)23(11-21-14)10-12-4-2-1-3-5-12/h1-7,21H,8-11H2,(H2,19,20,22). The van der Waals surface area contributed by atoms with Gasteiger partial charge in [-0.2, -0.15) is 0 Å². The van der Waals surface area contributed by atoms with Gasteiger partial charge < -0.3 is 20.9 Å². The summed E-state index contributed by atoms with van der Waals surface area (Å²) in [5.74, 6) is 0.839. The SMILES string of the molecule is Brc1c(NC2=NCCN2)ccc2c1N(Cc1ccccc1)CN2. The summed E-state index contributed by atoms with van der Waals surface area (Å²) >= 11 is 3.77. The number of benzene rings is 2. The molecule has 5 nitrogen and oxygen atoms in total. The summed E-state index contributed by atoms with van der Waals surface area (Å²) in [6.45, 7) is 3.41. The smallest absolute Gasteiger partial charge is 0.195 e. The van der Waals surface area contributed by atoms with Crippen LogP contribution >= 0.6 is 15.9 Å². The van der Waals surface area contributed by atoms with Crippen LogP contribution in [0.4, 0.5) is 17.1 Å². The Morgan fingerprint density at radius 2 is 2.00 bits per heavy atom. The number of halogens is 1. The van der Waals surface area contributed by atoms with E-state index in [-0.39, 0.29) is 0 Å². The van der Waals surface area contributed by atoms with Crippen molar-refractivity contribution in [2.24, 2.45) is 4.99 Å². The second-order valence-electron chi connectivity index (χ2n) is 5.62. The van der Waals surface area contributed by atoms with Crippen LogP contribution in [-0.2, 0) is 6.54 Å². The zero-order chi connectivity index (χ0) is 15.6. The minimum absolute atomic E-state index is 0.811. The summed E-state index contributed by atoms with van der Waals surface area (Å²) in [7, 11) is 0. The first-order chi connectivity index (χ1) is 11.3.